The van der Waals surface area contributed by atoms with E-state index in [1.807, 2.05) is 18.0 Å². The minimum absolute atomic E-state index is 0.186. The fourth-order valence-corrected chi connectivity index (χ4v) is 2.88. The van der Waals surface area contributed by atoms with Crippen molar-refractivity contribution in [2.75, 3.05) is 26.7 Å². The Balaban J connectivity index is 1.70. The van der Waals surface area contributed by atoms with Crippen LogP contribution in [0.25, 0.3) is 0 Å². The summed E-state index contributed by atoms with van der Waals surface area (Å²) in [5.74, 6) is 0.294. The smallest absolute Gasteiger partial charge is 0.229 e. The summed E-state index contributed by atoms with van der Waals surface area (Å²) in [7, 11) is 1.94. The van der Waals surface area contributed by atoms with E-state index in [-0.39, 0.29) is 5.41 Å². The Labute approximate surface area is 122 Å². The van der Waals surface area contributed by atoms with Gasteiger partial charge in [0, 0.05) is 20.1 Å². The number of hydrogen-bond acceptors (Lipinski definition) is 2. The molecule has 110 valence electrons. The van der Waals surface area contributed by atoms with E-state index in [2.05, 4.69) is 36.5 Å². The van der Waals surface area contributed by atoms with Gasteiger partial charge in [-0.15, -0.1) is 0 Å². The van der Waals surface area contributed by atoms with Crippen molar-refractivity contribution in [2.45, 2.75) is 32.6 Å². The van der Waals surface area contributed by atoms with Gasteiger partial charge in [0.15, 0.2) is 0 Å². The second-order valence-electron chi connectivity index (χ2n) is 6.16. The maximum absolute atomic E-state index is 12.4. The first-order valence-corrected chi connectivity index (χ1v) is 7.62. The number of unbranched alkanes of at least 4 members (excludes halogenated alkanes) is 1. The number of hydrogen-bond donors (Lipinski definition) is 1. The van der Waals surface area contributed by atoms with Gasteiger partial charge in [0.2, 0.25) is 5.91 Å². The van der Waals surface area contributed by atoms with E-state index in [1.54, 1.807) is 0 Å². The van der Waals surface area contributed by atoms with Crippen molar-refractivity contribution in [1.82, 2.24) is 10.2 Å². The van der Waals surface area contributed by atoms with Gasteiger partial charge in [0.05, 0.1) is 5.41 Å². The molecular weight excluding hydrogens is 248 g/mol. The lowest BCUT2D eigenvalue weighted by molar-refractivity contribution is -0.138. The van der Waals surface area contributed by atoms with Crippen LogP contribution in [0.5, 0.6) is 0 Å². The monoisotopic (exact) mass is 274 g/mol. The summed E-state index contributed by atoms with van der Waals surface area (Å²) in [6, 6.07) is 10.5. The Kier molecular flexibility index (Phi) is 5.18. The van der Waals surface area contributed by atoms with E-state index in [1.165, 1.54) is 5.56 Å². The lowest BCUT2D eigenvalue weighted by Gasteiger charge is -2.28. The zero-order valence-corrected chi connectivity index (χ0v) is 12.7. The molecular formula is C17H26N2O. The first-order chi connectivity index (χ1) is 9.62. The highest BCUT2D eigenvalue weighted by Gasteiger charge is 2.37. The summed E-state index contributed by atoms with van der Waals surface area (Å²) in [4.78, 5) is 14.3. The third kappa shape index (κ3) is 3.83. The molecule has 1 unspecified atom stereocenters. The van der Waals surface area contributed by atoms with Gasteiger partial charge >= 0.3 is 0 Å². The second-order valence-corrected chi connectivity index (χ2v) is 6.16. The molecule has 0 aliphatic carbocycles. The van der Waals surface area contributed by atoms with E-state index in [0.29, 0.717) is 5.91 Å². The van der Waals surface area contributed by atoms with Gasteiger partial charge in [-0.3, -0.25) is 4.79 Å². The molecule has 1 atom stereocenters. The van der Waals surface area contributed by atoms with E-state index in [4.69, 9.17) is 0 Å². The van der Waals surface area contributed by atoms with Crippen LogP contribution in [0.4, 0.5) is 0 Å². The van der Waals surface area contributed by atoms with Crippen molar-refractivity contribution in [2.24, 2.45) is 5.41 Å². The molecule has 3 nitrogen and oxygen atoms in total. The van der Waals surface area contributed by atoms with Crippen LogP contribution in [-0.2, 0) is 11.2 Å². The van der Waals surface area contributed by atoms with Gasteiger partial charge in [0.25, 0.3) is 0 Å². The summed E-state index contributed by atoms with van der Waals surface area (Å²) in [5.41, 5.74) is 1.20. The van der Waals surface area contributed by atoms with Crippen LogP contribution in [-0.4, -0.2) is 37.5 Å². The minimum Gasteiger partial charge on any atom is -0.345 e. The first-order valence-electron chi connectivity index (χ1n) is 7.62. The molecule has 1 amide bonds. The van der Waals surface area contributed by atoms with Crippen molar-refractivity contribution in [3.63, 3.8) is 0 Å². The summed E-state index contributed by atoms with van der Waals surface area (Å²) < 4.78 is 0. The zero-order chi connectivity index (χ0) is 14.4. The van der Waals surface area contributed by atoms with Gasteiger partial charge in [-0.1, -0.05) is 30.3 Å². The van der Waals surface area contributed by atoms with Gasteiger partial charge in [-0.25, -0.2) is 0 Å². The van der Waals surface area contributed by atoms with Gasteiger partial charge in [-0.05, 0) is 44.7 Å². The van der Waals surface area contributed by atoms with Gasteiger partial charge in [-0.2, -0.15) is 0 Å². The minimum atomic E-state index is -0.186. The number of carbonyl (C=O) groups excluding carboxylic acids is 1. The van der Waals surface area contributed by atoms with E-state index in [0.717, 1.165) is 45.3 Å². The molecule has 0 spiro atoms. The number of aryl methyl sites for hydroxylation is 1. The van der Waals surface area contributed by atoms with Crippen molar-refractivity contribution in [3.8, 4) is 0 Å². The highest BCUT2D eigenvalue weighted by atomic mass is 16.2. The van der Waals surface area contributed by atoms with Gasteiger partial charge in [0.1, 0.15) is 0 Å². The molecule has 1 fully saturated rings. The highest BCUT2D eigenvalue weighted by Crippen LogP contribution is 2.26. The van der Waals surface area contributed by atoms with Crippen LogP contribution in [0, 0.1) is 5.41 Å². The Morgan fingerprint density at radius 3 is 2.70 bits per heavy atom. The molecule has 0 saturated carbocycles. The van der Waals surface area contributed by atoms with Crippen LogP contribution in [0.15, 0.2) is 30.3 Å². The number of nitrogens with one attached hydrogen (secondary N) is 1. The Morgan fingerprint density at radius 1 is 1.30 bits per heavy atom. The van der Waals surface area contributed by atoms with Crippen molar-refractivity contribution >= 4 is 5.91 Å². The summed E-state index contributed by atoms with van der Waals surface area (Å²) in [6.45, 7) is 4.72. The topological polar surface area (TPSA) is 32.3 Å². The molecule has 1 aliphatic rings. The predicted octanol–water partition coefficient (Wildman–Crippen LogP) is 2.47. The fourth-order valence-electron chi connectivity index (χ4n) is 2.88. The normalized spacial score (nSPS) is 21.9. The molecule has 1 heterocycles. The zero-order valence-electron chi connectivity index (χ0n) is 12.7. The lowest BCUT2D eigenvalue weighted by atomic mass is 9.88. The van der Waals surface area contributed by atoms with Crippen LogP contribution in [0.2, 0.25) is 0 Å². The molecule has 0 radical (unpaired) electrons. The number of rotatable bonds is 6. The third-order valence-electron chi connectivity index (χ3n) is 4.28. The number of nitrogens with zero attached hydrogens (tertiary/aromatic N) is 1. The number of amides is 1. The molecule has 0 bridgehead atoms. The molecule has 3 heteroatoms. The molecule has 1 aromatic carbocycles. The molecule has 0 aromatic heterocycles. The third-order valence-corrected chi connectivity index (χ3v) is 4.28. The maximum Gasteiger partial charge on any atom is 0.229 e. The van der Waals surface area contributed by atoms with Crippen molar-refractivity contribution < 1.29 is 4.79 Å². The van der Waals surface area contributed by atoms with Crippen LogP contribution in [0.1, 0.15) is 31.7 Å². The number of benzene rings is 1. The molecule has 20 heavy (non-hydrogen) atoms. The summed E-state index contributed by atoms with van der Waals surface area (Å²) in [6.07, 6.45) is 4.26. The van der Waals surface area contributed by atoms with Crippen LogP contribution >= 0.6 is 0 Å². The van der Waals surface area contributed by atoms with E-state index < -0.39 is 0 Å². The maximum atomic E-state index is 12.4. The molecule has 1 aromatic rings. The molecule has 2 rings (SSSR count). The van der Waals surface area contributed by atoms with Crippen molar-refractivity contribution in [3.05, 3.63) is 35.9 Å². The fraction of sp³-hybridized carbons (Fsp3) is 0.588. The quantitative estimate of drug-likeness (QED) is 0.808. The van der Waals surface area contributed by atoms with Crippen LogP contribution in [0.3, 0.4) is 0 Å². The lowest BCUT2D eigenvalue weighted by Crippen LogP contribution is -2.42. The summed E-state index contributed by atoms with van der Waals surface area (Å²) >= 11 is 0. The predicted molar refractivity (Wildman–Crippen MR) is 82.6 cm³/mol. The standard InChI is InChI=1S/C17H26N2O/c1-17(11-12-18-14-17)16(20)19(2)13-7-6-10-15-8-4-3-5-9-15/h3-5,8-9,18H,6-7,10-14H2,1-2H3. The van der Waals surface area contributed by atoms with Crippen molar-refractivity contribution in [1.29, 1.82) is 0 Å². The molecule has 1 aliphatic heterocycles. The number of carbonyl (C=O) groups is 1. The average Bonchev–Trinajstić information content (AvgIpc) is 2.92. The summed E-state index contributed by atoms with van der Waals surface area (Å²) in [5, 5.41) is 3.29. The van der Waals surface area contributed by atoms with E-state index >= 15 is 0 Å². The SMILES string of the molecule is CN(CCCCc1ccccc1)C(=O)C1(C)CCNC1. The van der Waals surface area contributed by atoms with Gasteiger partial charge < -0.3 is 10.2 Å². The average molecular weight is 274 g/mol. The molecule has 1 N–H and O–H groups in total. The van der Waals surface area contributed by atoms with Crippen LogP contribution < -0.4 is 5.32 Å². The first kappa shape index (κ1) is 15.0. The Hall–Kier alpha value is -1.35. The van der Waals surface area contributed by atoms with E-state index in [9.17, 15) is 4.79 Å². The second kappa shape index (κ2) is 6.89. The Bertz CT molecular complexity index is 424. The molecule has 1 saturated heterocycles. The highest BCUT2D eigenvalue weighted by molar-refractivity contribution is 5.82. The largest absolute Gasteiger partial charge is 0.345 e. The Morgan fingerprint density at radius 2 is 2.05 bits per heavy atom.